The fourth-order valence-corrected chi connectivity index (χ4v) is 1.88. The van der Waals surface area contributed by atoms with E-state index in [1.54, 1.807) is 0 Å². The van der Waals surface area contributed by atoms with E-state index in [-0.39, 0.29) is 0 Å². The molecule has 0 atom stereocenters. The number of rotatable bonds is 0. The first kappa shape index (κ1) is 9.67. The van der Waals surface area contributed by atoms with Crippen LogP contribution in [-0.2, 0) is 0 Å². The Morgan fingerprint density at radius 2 is 1.87 bits per heavy atom. The highest BCUT2D eigenvalue weighted by atomic mass is 14.7. The summed E-state index contributed by atoms with van der Waals surface area (Å²) in [6.45, 7) is 6.00. The molecular formula is C13H12N2. The predicted molar refractivity (Wildman–Crippen MR) is 60.7 cm³/mol. The Balaban J connectivity index is 2.98. The summed E-state index contributed by atoms with van der Waals surface area (Å²) in [6.07, 6.45) is 0. The monoisotopic (exact) mass is 196 g/mol. The van der Waals surface area contributed by atoms with E-state index in [1.165, 1.54) is 5.56 Å². The molecule has 0 aliphatic heterocycles. The zero-order valence-electron chi connectivity index (χ0n) is 9.13. The van der Waals surface area contributed by atoms with Gasteiger partial charge in [-0.1, -0.05) is 0 Å². The third-order valence-corrected chi connectivity index (χ3v) is 2.51. The zero-order valence-corrected chi connectivity index (χ0v) is 9.13. The van der Waals surface area contributed by atoms with E-state index >= 15 is 0 Å². The Morgan fingerprint density at radius 1 is 1.13 bits per heavy atom. The van der Waals surface area contributed by atoms with E-state index in [0.29, 0.717) is 5.56 Å². The average Bonchev–Trinajstić information content (AvgIpc) is 2.18. The number of pyridine rings is 1. The lowest BCUT2D eigenvalue weighted by atomic mass is 10.0. The van der Waals surface area contributed by atoms with Gasteiger partial charge in [0, 0.05) is 11.1 Å². The maximum atomic E-state index is 9.05. The first-order valence-electron chi connectivity index (χ1n) is 4.90. The second-order valence-corrected chi connectivity index (χ2v) is 3.90. The summed E-state index contributed by atoms with van der Waals surface area (Å²) in [5.41, 5.74) is 4.73. The first-order valence-corrected chi connectivity index (χ1v) is 4.90. The Morgan fingerprint density at radius 3 is 2.53 bits per heavy atom. The summed E-state index contributed by atoms with van der Waals surface area (Å²) in [5, 5.41) is 10.1. The molecule has 0 amide bonds. The number of aryl methyl sites for hydroxylation is 3. The van der Waals surface area contributed by atoms with Gasteiger partial charge in [-0.2, -0.15) is 5.26 Å². The summed E-state index contributed by atoms with van der Waals surface area (Å²) < 4.78 is 0. The Kier molecular flexibility index (Phi) is 2.17. The summed E-state index contributed by atoms with van der Waals surface area (Å²) in [4.78, 5) is 4.43. The lowest BCUT2D eigenvalue weighted by Gasteiger charge is -2.06. The third kappa shape index (κ3) is 1.57. The second-order valence-electron chi connectivity index (χ2n) is 3.90. The van der Waals surface area contributed by atoms with Crippen LogP contribution in [0.25, 0.3) is 10.9 Å². The van der Waals surface area contributed by atoms with Crippen molar-refractivity contribution in [3.8, 4) is 6.07 Å². The van der Waals surface area contributed by atoms with E-state index in [9.17, 15) is 0 Å². The van der Waals surface area contributed by atoms with Crippen LogP contribution in [0.3, 0.4) is 0 Å². The maximum absolute atomic E-state index is 9.05. The molecule has 1 aromatic carbocycles. The molecule has 0 unspecified atom stereocenters. The van der Waals surface area contributed by atoms with Gasteiger partial charge in [-0.3, -0.25) is 4.98 Å². The molecule has 0 spiro atoms. The molecule has 1 aromatic heterocycles. The normalized spacial score (nSPS) is 10.3. The number of nitrogens with zero attached hydrogens (tertiary/aromatic N) is 2. The first-order chi connectivity index (χ1) is 7.11. The molecule has 2 nitrogen and oxygen atoms in total. The van der Waals surface area contributed by atoms with Crippen LogP contribution in [0.5, 0.6) is 0 Å². The largest absolute Gasteiger partial charge is 0.252 e. The number of nitriles is 1. The van der Waals surface area contributed by atoms with E-state index in [1.807, 2.05) is 26.0 Å². The van der Waals surface area contributed by atoms with Crippen LogP contribution in [-0.4, -0.2) is 4.98 Å². The molecule has 0 bridgehead atoms. The van der Waals surface area contributed by atoms with Crippen LogP contribution < -0.4 is 0 Å². The van der Waals surface area contributed by atoms with Crippen molar-refractivity contribution in [1.29, 1.82) is 5.26 Å². The van der Waals surface area contributed by atoms with Gasteiger partial charge in [0.05, 0.1) is 11.1 Å². The lowest BCUT2D eigenvalue weighted by Crippen LogP contribution is -1.91. The predicted octanol–water partition coefficient (Wildman–Crippen LogP) is 3.03. The minimum atomic E-state index is 0.664. The second kappa shape index (κ2) is 3.36. The van der Waals surface area contributed by atoms with Crippen molar-refractivity contribution < 1.29 is 0 Å². The van der Waals surface area contributed by atoms with Crippen molar-refractivity contribution in [2.24, 2.45) is 0 Å². The van der Waals surface area contributed by atoms with Gasteiger partial charge in [-0.25, -0.2) is 0 Å². The summed E-state index contributed by atoms with van der Waals surface area (Å²) in [6, 6.07) is 8.21. The van der Waals surface area contributed by atoms with Gasteiger partial charge in [-0.15, -0.1) is 0 Å². The minimum Gasteiger partial charge on any atom is -0.252 e. The molecule has 1 heterocycles. The SMILES string of the molecule is Cc1cc(C#N)c2nc(C)cc(C)c2c1. The van der Waals surface area contributed by atoms with E-state index in [0.717, 1.165) is 22.2 Å². The Labute approximate surface area is 89.2 Å². The average molecular weight is 196 g/mol. The van der Waals surface area contributed by atoms with Crippen molar-refractivity contribution in [1.82, 2.24) is 4.98 Å². The molecule has 15 heavy (non-hydrogen) atoms. The van der Waals surface area contributed by atoms with Crippen LogP contribution in [0, 0.1) is 32.1 Å². The molecule has 0 saturated carbocycles. The van der Waals surface area contributed by atoms with Gasteiger partial charge in [0.25, 0.3) is 0 Å². The number of aromatic nitrogens is 1. The molecule has 0 N–H and O–H groups in total. The molecule has 2 aromatic rings. The summed E-state index contributed by atoms with van der Waals surface area (Å²) in [5.74, 6) is 0. The zero-order chi connectivity index (χ0) is 11.0. The van der Waals surface area contributed by atoms with Crippen LogP contribution in [0.4, 0.5) is 0 Å². The molecule has 0 saturated heterocycles. The number of benzene rings is 1. The third-order valence-electron chi connectivity index (χ3n) is 2.51. The van der Waals surface area contributed by atoms with Crippen LogP contribution in [0.15, 0.2) is 18.2 Å². The fourth-order valence-electron chi connectivity index (χ4n) is 1.88. The van der Waals surface area contributed by atoms with Gasteiger partial charge < -0.3 is 0 Å². The molecule has 0 fully saturated rings. The molecule has 0 radical (unpaired) electrons. The van der Waals surface area contributed by atoms with Gasteiger partial charge in [0.1, 0.15) is 6.07 Å². The van der Waals surface area contributed by atoms with Gasteiger partial charge in [-0.05, 0) is 50.1 Å². The molecular weight excluding hydrogens is 184 g/mol. The lowest BCUT2D eigenvalue weighted by molar-refractivity contribution is 1.22. The molecule has 2 rings (SSSR count). The van der Waals surface area contributed by atoms with Gasteiger partial charge in [0.2, 0.25) is 0 Å². The number of hydrogen-bond acceptors (Lipinski definition) is 2. The smallest absolute Gasteiger partial charge is 0.101 e. The quantitative estimate of drug-likeness (QED) is 0.649. The summed E-state index contributed by atoms with van der Waals surface area (Å²) in [7, 11) is 0. The van der Waals surface area contributed by atoms with Crippen LogP contribution in [0.1, 0.15) is 22.4 Å². The van der Waals surface area contributed by atoms with E-state index in [4.69, 9.17) is 5.26 Å². The summed E-state index contributed by atoms with van der Waals surface area (Å²) >= 11 is 0. The highest BCUT2D eigenvalue weighted by molar-refractivity contribution is 5.87. The molecule has 0 aliphatic carbocycles. The van der Waals surface area contributed by atoms with Crippen molar-refractivity contribution in [2.75, 3.05) is 0 Å². The topological polar surface area (TPSA) is 36.7 Å². The van der Waals surface area contributed by atoms with E-state index in [2.05, 4.69) is 24.0 Å². The maximum Gasteiger partial charge on any atom is 0.101 e. The highest BCUT2D eigenvalue weighted by Gasteiger charge is 2.06. The Hall–Kier alpha value is -1.88. The molecule has 2 heteroatoms. The minimum absolute atomic E-state index is 0.664. The number of hydrogen-bond donors (Lipinski definition) is 0. The van der Waals surface area contributed by atoms with Crippen LogP contribution in [0.2, 0.25) is 0 Å². The Bertz CT molecular complexity index is 577. The van der Waals surface area contributed by atoms with E-state index < -0.39 is 0 Å². The highest BCUT2D eigenvalue weighted by Crippen LogP contribution is 2.22. The van der Waals surface area contributed by atoms with Crippen LogP contribution >= 0.6 is 0 Å². The number of fused-ring (bicyclic) bond motifs is 1. The van der Waals surface area contributed by atoms with Gasteiger partial charge in [0.15, 0.2) is 0 Å². The van der Waals surface area contributed by atoms with Gasteiger partial charge >= 0.3 is 0 Å². The van der Waals surface area contributed by atoms with Crippen molar-refractivity contribution in [2.45, 2.75) is 20.8 Å². The standard InChI is InChI=1S/C13H12N2/c1-8-4-11(7-14)13-12(5-8)9(2)6-10(3)15-13/h4-6H,1-3H3. The fraction of sp³-hybridized carbons (Fsp3) is 0.231. The van der Waals surface area contributed by atoms with Crippen molar-refractivity contribution >= 4 is 10.9 Å². The van der Waals surface area contributed by atoms with Crippen molar-refractivity contribution in [3.05, 3.63) is 40.6 Å². The molecule has 74 valence electrons. The molecule has 0 aliphatic rings. The van der Waals surface area contributed by atoms with Crippen molar-refractivity contribution in [3.63, 3.8) is 0 Å².